The molecule has 3 aromatic rings. The molecular weight excluding hydrogens is 395 g/mol. The molecule has 0 saturated carbocycles. The first-order chi connectivity index (χ1) is 14.3. The number of carbonyl (C=O) groups excluding carboxylic acids is 1. The molecule has 156 valence electrons. The van der Waals surface area contributed by atoms with Crippen molar-refractivity contribution in [1.82, 2.24) is 24.6 Å². The van der Waals surface area contributed by atoms with Gasteiger partial charge in [0.15, 0.2) is 5.82 Å². The number of hydrogen-bond acceptors (Lipinski definition) is 4. The third kappa shape index (κ3) is 3.79. The third-order valence-corrected chi connectivity index (χ3v) is 5.15. The fraction of sp³-hybridized carbons (Fsp3) is 0.333. The molecule has 0 unspecified atom stereocenters. The van der Waals surface area contributed by atoms with E-state index in [0.717, 1.165) is 17.7 Å². The number of aromatic nitrogens is 4. The summed E-state index contributed by atoms with van der Waals surface area (Å²) >= 11 is 0. The molecule has 9 heteroatoms. The van der Waals surface area contributed by atoms with E-state index >= 15 is 0 Å². The van der Waals surface area contributed by atoms with Crippen molar-refractivity contribution in [2.24, 2.45) is 7.05 Å². The molecule has 0 bridgehead atoms. The first kappa shape index (κ1) is 20.1. The number of carbonyl (C=O) groups is 1. The maximum Gasteiger partial charge on any atom is 0.416 e. The molecule has 0 saturated heterocycles. The average molecular weight is 415 g/mol. The summed E-state index contributed by atoms with van der Waals surface area (Å²) in [6.07, 6.45) is -1.60. The van der Waals surface area contributed by atoms with Crippen molar-refractivity contribution in [2.75, 3.05) is 6.54 Å². The predicted molar refractivity (Wildman–Crippen MR) is 104 cm³/mol. The Labute approximate surface area is 171 Å². The minimum absolute atomic E-state index is 0.0368. The van der Waals surface area contributed by atoms with E-state index in [1.54, 1.807) is 22.8 Å². The summed E-state index contributed by atoms with van der Waals surface area (Å²) in [5.74, 6) is 0.351. The molecule has 1 aliphatic heterocycles. The SMILES string of the molecule is CCC(=O)N1CCc2c(nc(-c3ccc(C(F)(F)F)cc3)nc2-c2ccn(C)n2)C1. The Hall–Kier alpha value is -3.23. The molecule has 30 heavy (non-hydrogen) atoms. The van der Waals surface area contributed by atoms with Gasteiger partial charge in [0.2, 0.25) is 5.91 Å². The van der Waals surface area contributed by atoms with Crippen LogP contribution >= 0.6 is 0 Å². The van der Waals surface area contributed by atoms with Crippen molar-refractivity contribution in [3.8, 4) is 22.8 Å². The number of alkyl halides is 3. The summed E-state index contributed by atoms with van der Waals surface area (Å²) in [6.45, 7) is 2.73. The molecule has 1 amide bonds. The van der Waals surface area contributed by atoms with Crippen LogP contribution < -0.4 is 0 Å². The van der Waals surface area contributed by atoms with Crippen molar-refractivity contribution < 1.29 is 18.0 Å². The van der Waals surface area contributed by atoms with E-state index in [9.17, 15) is 18.0 Å². The number of benzene rings is 1. The van der Waals surface area contributed by atoms with E-state index in [2.05, 4.69) is 15.1 Å². The number of amides is 1. The second kappa shape index (κ2) is 7.55. The molecule has 0 atom stereocenters. The summed E-state index contributed by atoms with van der Waals surface area (Å²) in [5.41, 5.74) is 2.69. The van der Waals surface area contributed by atoms with Gasteiger partial charge in [-0.25, -0.2) is 9.97 Å². The zero-order valence-electron chi connectivity index (χ0n) is 16.6. The van der Waals surface area contributed by atoms with Crippen molar-refractivity contribution in [1.29, 1.82) is 0 Å². The maximum atomic E-state index is 12.9. The summed E-state index contributed by atoms with van der Waals surface area (Å²) in [7, 11) is 1.80. The quantitative estimate of drug-likeness (QED) is 0.652. The lowest BCUT2D eigenvalue weighted by Gasteiger charge is -2.29. The first-order valence-electron chi connectivity index (χ1n) is 9.61. The highest BCUT2D eigenvalue weighted by molar-refractivity contribution is 5.76. The molecule has 0 radical (unpaired) electrons. The van der Waals surface area contributed by atoms with Gasteiger partial charge < -0.3 is 4.90 Å². The Bertz CT molecular complexity index is 1090. The predicted octanol–water partition coefficient (Wildman–Crippen LogP) is 3.86. The van der Waals surface area contributed by atoms with Gasteiger partial charge in [0, 0.05) is 37.3 Å². The van der Waals surface area contributed by atoms with Crippen molar-refractivity contribution in [3.63, 3.8) is 0 Å². The van der Waals surface area contributed by atoms with Crippen LogP contribution in [0.5, 0.6) is 0 Å². The number of nitrogens with zero attached hydrogens (tertiary/aromatic N) is 5. The largest absolute Gasteiger partial charge is 0.416 e. The molecule has 0 fully saturated rings. The van der Waals surface area contributed by atoms with Gasteiger partial charge in [-0.05, 0) is 24.6 Å². The molecule has 0 spiro atoms. The highest BCUT2D eigenvalue weighted by atomic mass is 19.4. The van der Waals surface area contributed by atoms with Crippen LogP contribution in [0.1, 0.15) is 30.2 Å². The van der Waals surface area contributed by atoms with Crippen LogP contribution in [0.2, 0.25) is 0 Å². The standard InChI is InChI=1S/C21H20F3N5O/c1-3-18(30)29-11-8-15-17(12-29)25-20(26-19(15)16-9-10-28(2)27-16)13-4-6-14(7-5-13)21(22,23)24/h4-7,9-10H,3,8,11-12H2,1-2H3. The Morgan fingerprint density at radius 3 is 2.47 bits per heavy atom. The summed E-state index contributed by atoms with van der Waals surface area (Å²) in [4.78, 5) is 23.2. The number of rotatable bonds is 3. The smallest absolute Gasteiger partial charge is 0.336 e. The Morgan fingerprint density at radius 1 is 1.13 bits per heavy atom. The van der Waals surface area contributed by atoms with E-state index in [4.69, 9.17) is 0 Å². The Morgan fingerprint density at radius 2 is 1.87 bits per heavy atom. The summed E-state index contributed by atoms with van der Waals surface area (Å²) in [5, 5.41) is 4.44. The fourth-order valence-electron chi connectivity index (χ4n) is 3.56. The zero-order chi connectivity index (χ0) is 21.5. The lowest BCUT2D eigenvalue weighted by molar-refractivity contribution is -0.137. The van der Waals surface area contributed by atoms with E-state index < -0.39 is 11.7 Å². The number of aryl methyl sites for hydroxylation is 1. The highest BCUT2D eigenvalue weighted by Crippen LogP contribution is 2.33. The molecule has 6 nitrogen and oxygen atoms in total. The molecule has 0 N–H and O–H groups in total. The van der Waals surface area contributed by atoms with Crippen LogP contribution in [-0.4, -0.2) is 37.1 Å². The van der Waals surface area contributed by atoms with Gasteiger partial charge in [-0.15, -0.1) is 0 Å². The topological polar surface area (TPSA) is 63.9 Å². The van der Waals surface area contributed by atoms with Gasteiger partial charge in [0.1, 0.15) is 5.69 Å². The van der Waals surface area contributed by atoms with Crippen LogP contribution in [-0.2, 0) is 31.0 Å². The van der Waals surface area contributed by atoms with Crippen LogP contribution in [0.4, 0.5) is 13.2 Å². The third-order valence-electron chi connectivity index (χ3n) is 5.15. The molecule has 4 rings (SSSR count). The van der Waals surface area contributed by atoms with Gasteiger partial charge in [0.25, 0.3) is 0 Å². The van der Waals surface area contributed by atoms with E-state index in [1.165, 1.54) is 12.1 Å². The lowest BCUT2D eigenvalue weighted by Crippen LogP contribution is -2.36. The minimum Gasteiger partial charge on any atom is -0.336 e. The van der Waals surface area contributed by atoms with Gasteiger partial charge in [-0.1, -0.05) is 19.1 Å². The molecule has 1 aromatic carbocycles. The van der Waals surface area contributed by atoms with Gasteiger partial charge in [0.05, 0.1) is 23.5 Å². The number of hydrogen-bond donors (Lipinski definition) is 0. The second-order valence-corrected chi connectivity index (χ2v) is 7.19. The van der Waals surface area contributed by atoms with E-state index in [1.807, 2.05) is 13.0 Å². The summed E-state index contributed by atoms with van der Waals surface area (Å²) in [6, 6.07) is 6.61. The Balaban J connectivity index is 1.81. The summed E-state index contributed by atoms with van der Waals surface area (Å²) < 4.78 is 40.4. The molecular formula is C21H20F3N5O. The van der Waals surface area contributed by atoms with Gasteiger partial charge >= 0.3 is 6.18 Å². The molecule has 3 heterocycles. The maximum absolute atomic E-state index is 12.9. The van der Waals surface area contributed by atoms with Crippen LogP contribution in [0, 0.1) is 0 Å². The number of halogens is 3. The van der Waals surface area contributed by atoms with Crippen molar-refractivity contribution in [2.45, 2.75) is 32.5 Å². The fourth-order valence-corrected chi connectivity index (χ4v) is 3.56. The number of fused-ring (bicyclic) bond motifs is 1. The van der Waals surface area contributed by atoms with Crippen molar-refractivity contribution in [3.05, 3.63) is 53.3 Å². The van der Waals surface area contributed by atoms with Gasteiger partial charge in [-0.3, -0.25) is 9.48 Å². The molecule has 2 aromatic heterocycles. The van der Waals surface area contributed by atoms with Crippen LogP contribution in [0.15, 0.2) is 36.5 Å². The lowest BCUT2D eigenvalue weighted by atomic mass is 10.00. The van der Waals surface area contributed by atoms with Gasteiger partial charge in [-0.2, -0.15) is 18.3 Å². The average Bonchev–Trinajstić information content (AvgIpc) is 3.17. The van der Waals surface area contributed by atoms with Crippen molar-refractivity contribution >= 4 is 5.91 Å². The zero-order valence-corrected chi connectivity index (χ0v) is 16.6. The molecule has 0 aliphatic carbocycles. The van der Waals surface area contributed by atoms with E-state index in [-0.39, 0.29) is 5.91 Å². The first-order valence-corrected chi connectivity index (χ1v) is 9.61. The van der Waals surface area contributed by atoms with Crippen LogP contribution in [0.25, 0.3) is 22.8 Å². The Kier molecular flexibility index (Phi) is 5.05. The molecule has 1 aliphatic rings. The monoisotopic (exact) mass is 415 g/mol. The second-order valence-electron chi connectivity index (χ2n) is 7.19. The normalized spacial score (nSPS) is 14.0. The minimum atomic E-state index is -4.41. The highest BCUT2D eigenvalue weighted by Gasteiger charge is 2.30. The van der Waals surface area contributed by atoms with E-state index in [0.29, 0.717) is 54.4 Å². The van der Waals surface area contributed by atoms with Crippen LogP contribution in [0.3, 0.4) is 0 Å².